The van der Waals surface area contributed by atoms with Crippen LogP contribution in [0.15, 0.2) is 85.1 Å². The molecule has 1 aromatic heterocycles. The number of rotatable bonds is 6. The highest BCUT2D eigenvalue weighted by Crippen LogP contribution is 2.35. The Morgan fingerprint density at radius 1 is 0.974 bits per heavy atom. The maximum absolute atomic E-state index is 13.7. The summed E-state index contributed by atoms with van der Waals surface area (Å²) in [6.07, 6.45) is 3.43. The van der Waals surface area contributed by atoms with Gasteiger partial charge in [0.15, 0.2) is 5.60 Å². The molecule has 2 atom stereocenters. The summed E-state index contributed by atoms with van der Waals surface area (Å²) >= 11 is 0. The molecule has 1 fully saturated rings. The molecule has 2 unspecified atom stereocenters. The summed E-state index contributed by atoms with van der Waals surface area (Å²) < 4.78 is 32.9. The molecule has 5 rings (SSSR count). The van der Waals surface area contributed by atoms with Gasteiger partial charge in [0, 0.05) is 19.7 Å². The predicted molar refractivity (Wildman–Crippen MR) is 136 cm³/mol. The second-order valence-electron chi connectivity index (χ2n) is 9.46. The number of halogens is 2. The lowest BCUT2D eigenvalue weighted by molar-refractivity contribution is 0.0210. The number of aliphatic hydroxyl groups is 1. The Labute approximate surface area is 219 Å². The second kappa shape index (κ2) is 10.8. The molecule has 3 aromatic carbocycles. The molecule has 2 heterocycles. The summed E-state index contributed by atoms with van der Waals surface area (Å²) in [6, 6.07) is 20.0. The van der Waals surface area contributed by atoms with Crippen molar-refractivity contribution in [3.63, 3.8) is 0 Å². The first-order chi connectivity index (χ1) is 18.4. The number of methoxy groups -OCH3 is 1. The van der Waals surface area contributed by atoms with E-state index in [2.05, 4.69) is 10.2 Å². The van der Waals surface area contributed by atoms with Crippen molar-refractivity contribution < 1.29 is 23.4 Å². The van der Waals surface area contributed by atoms with E-state index in [1.807, 2.05) is 30.3 Å². The standard InChI is InChI=1S/C29H28F2N4O3/c1-38-26-16-15-25(17-20-5-3-2-4-6-20)34(19-26)28(36)35-32-18-27(33-35)29(37,21-7-11-23(30)12-8-21)22-9-13-24(31)14-10-22/h2-14,18,25-26,37H,15-17,19H2,1H3. The van der Waals surface area contributed by atoms with Gasteiger partial charge in [-0.2, -0.15) is 5.10 Å². The van der Waals surface area contributed by atoms with Crippen LogP contribution in [0.2, 0.25) is 0 Å². The Morgan fingerprint density at radius 3 is 2.16 bits per heavy atom. The number of hydrogen-bond donors (Lipinski definition) is 1. The predicted octanol–water partition coefficient (Wildman–Crippen LogP) is 4.53. The van der Waals surface area contributed by atoms with Crippen molar-refractivity contribution in [2.24, 2.45) is 0 Å². The lowest BCUT2D eigenvalue weighted by Gasteiger charge is -2.38. The molecule has 38 heavy (non-hydrogen) atoms. The third kappa shape index (κ3) is 5.07. The van der Waals surface area contributed by atoms with Gasteiger partial charge in [0.25, 0.3) is 0 Å². The number of benzene rings is 3. The SMILES string of the molecule is COC1CCC(Cc2ccccc2)N(C(=O)n2ncc(C(O)(c3ccc(F)cc3)c3ccc(F)cc3)n2)C1. The van der Waals surface area contributed by atoms with Crippen LogP contribution in [-0.2, 0) is 16.8 Å². The number of ether oxygens (including phenoxy) is 1. The van der Waals surface area contributed by atoms with Gasteiger partial charge in [0.1, 0.15) is 17.3 Å². The van der Waals surface area contributed by atoms with Crippen LogP contribution >= 0.6 is 0 Å². The normalized spacial score (nSPS) is 17.9. The third-order valence-electron chi connectivity index (χ3n) is 7.11. The van der Waals surface area contributed by atoms with Crippen molar-refractivity contribution in [1.29, 1.82) is 0 Å². The van der Waals surface area contributed by atoms with E-state index in [4.69, 9.17) is 4.74 Å². The highest BCUT2D eigenvalue weighted by Gasteiger charge is 2.39. The average molecular weight is 519 g/mol. The zero-order valence-electron chi connectivity index (χ0n) is 20.9. The fourth-order valence-corrected chi connectivity index (χ4v) is 5.00. The fourth-order valence-electron chi connectivity index (χ4n) is 5.00. The largest absolute Gasteiger partial charge is 0.380 e. The number of carbonyl (C=O) groups is 1. The maximum atomic E-state index is 13.7. The van der Waals surface area contributed by atoms with E-state index in [0.717, 1.165) is 23.2 Å². The minimum Gasteiger partial charge on any atom is -0.380 e. The smallest absolute Gasteiger partial charge is 0.362 e. The van der Waals surface area contributed by atoms with Gasteiger partial charge in [-0.05, 0) is 60.2 Å². The molecule has 1 saturated heterocycles. The Kier molecular flexibility index (Phi) is 7.31. The lowest BCUT2D eigenvalue weighted by Crippen LogP contribution is -2.52. The molecule has 196 valence electrons. The first-order valence-electron chi connectivity index (χ1n) is 12.4. The molecule has 7 nitrogen and oxygen atoms in total. The Morgan fingerprint density at radius 2 is 1.58 bits per heavy atom. The summed E-state index contributed by atoms with van der Waals surface area (Å²) in [5.74, 6) is -0.951. The maximum Gasteiger partial charge on any atom is 0.362 e. The van der Waals surface area contributed by atoms with E-state index in [1.54, 1.807) is 12.0 Å². The van der Waals surface area contributed by atoms with Crippen LogP contribution in [0.5, 0.6) is 0 Å². The highest BCUT2D eigenvalue weighted by molar-refractivity contribution is 5.75. The monoisotopic (exact) mass is 518 g/mol. The van der Waals surface area contributed by atoms with Gasteiger partial charge in [-0.15, -0.1) is 5.10 Å². The zero-order valence-corrected chi connectivity index (χ0v) is 20.9. The van der Waals surface area contributed by atoms with E-state index < -0.39 is 23.3 Å². The van der Waals surface area contributed by atoms with Crippen LogP contribution in [0.4, 0.5) is 13.6 Å². The van der Waals surface area contributed by atoms with Gasteiger partial charge in [-0.3, -0.25) is 0 Å². The molecule has 9 heteroatoms. The van der Waals surface area contributed by atoms with E-state index in [9.17, 15) is 18.7 Å². The molecule has 0 bridgehead atoms. The van der Waals surface area contributed by atoms with Gasteiger partial charge in [0.2, 0.25) is 0 Å². The van der Waals surface area contributed by atoms with E-state index in [-0.39, 0.29) is 17.8 Å². The van der Waals surface area contributed by atoms with Crippen LogP contribution in [-0.4, -0.2) is 56.8 Å². The quantitative estimate of drug-likeness (QED) is 0.406. The van der Waals surface area contributed by atoms with Crippen LogP contribution in [0.1, 0.15) is 35.2 Å². The van der Waals surface area contributed by atoms with E-state index in [0.29, 0.717) is 24.1 Å². The molecule has 4 aromatic rings. The molecule has 1 N–H and O–H groups in total. The summed E-state index contributed by atoms with van der Waals surface area (Å²) in [5, 5.41) is 20.5. The first kappa shape index (κ1) is 25.7. The van der Waals surface area contributed by atoms with Gasteiger partial charge in [-0.1, -0.05) is 59.4 Å². The Bertz CT molecular complexity index is 1330. The number of nitrogens with zero attached hydrogens (tertiary/aromatic N) is 4. The molecule has 1 aliphatic heterocycles. The highest BCUT2D eigenvalue weighted by atomic mass is 19.1. The van der Waals surface area contributed by atoms with E-state index >= 15 is 0 Å². The van der Waals surface area contributed by atoms with Crippen molar-refractivity contribution in [2.45, 2.75) is 37.0 Å². The first-order valence-corrected chi connectivity index (χ1v) is 12.4. The molecule has 0 radical (unpaired) electrons. The topological polar surface area (TPSA) is 80.5 Å². The fraction of sp³-hybridized carbons (Fsp3) is 0.276. The minimum absolute atomic E-state index is 0.0453. The van der Waals surface area contributed by atoms with E-state index in [1.165, 1.54) is 54.7 Å². The summed E-state index contributed by atoms with van der Waals surface area (Å²) in [4.78, 5) is 16.4. The van der Waals surface area contributed by atoms with Crippen molar-refractivity contribution in [1.82, 2.24) is 19.9 Å². The van der Waals surface area contributed by atoms with Crippen LogP contribution < -0.4 is 0 Å². The number of amides is 1. The molecule has 0 aliphatic carbocycles. The third-order valence-corrected chi connectivity index (χ3v) is 7.11. The molecular weight excluding hydrogens is 490 g/mol. The van der Waals surface area contributed by atoms with Gasteiger partial charge < -0.3 is 14.7 Å². The number of hydrogen-bond acceptors (Lipinski definition) is 5. The minimum atomic E-state index is -1.90. The Hall–Kier alpha value is -3.95. The van der Waals surface area contributed by atoms with Crippen LogP contribution in [0.3, 0.4) is 0 Å². The second-order valence-corrected chi connectivity index (χ2v) is 9.46. The Balaban J connectivity index is 1.49. The summed E-state index contributed by atoms with van der Waals surface area (Å²) in [5.41, 5.74) is -0.152. The summed E-state index contributed by atoms with van der Waals surface area (Å²) in [6.45, 7) is 0.379. The van der Waals surface area contributed by atoms with Gasteiger partial charge in [-0.25, -0.2) is 13.6 Å². The number of aromatic nitrogens is 3. The van der Waals surface area contributed by atoms with Crippen LogP contribution in [0.25, 0.3) is 0 Å². The van der Waals surface area contributed by atoms with Crippen molar-refractivity contribution in [3.8, 4) is 0 Å². The van der Waals surface area contributed by atoms with Crippen LogP contribution in [0, 0.1) is 11.6 Å². The summed E-state index contributed by atoms with van der Waals surface area (Å²) in [7, 11) is 1.63. The molecule has 1 amide bonds. The molecule has 0 saturated carbocycles. The van der Waals surface area contributed by atoms with Crippen molar-refractivity contribution in [2.75, 3.05) is 13.7 Å². The zero-order chi connectivity index (χ0) is 26.7. The molecule has 1 aliphatic rings. The van der Waals surface area contributed by atoms with Gasteiger partial charge >= 0.3 is 6.03 Å². The molecule has 0 spiro atoms. The number of carbonyl (C=O) groups excluding carboxylic acids is 1. The van der Waals surface area contributed by atoms with Crippen molar-refractivity contribution >= 4 is 6.03 Å². The average Bonchev–Trinajstić information content (AvgIpc) is 3.45. The van der Waals surface area contributed by atoms with Gasteiger partial charge in [0.05, 0.1) is 12.3 Å². The number of likely N-dealkylation sites (tertiary alicyclic amines) is 1. The molecular formula is C29H28F2N4O3. The lowest BCUT2D eigenvalue weighted by atomic mass is 9.84. The van der Waals surface area contributed by atoms with Crippen molar-refractivity contribution in [3.05, 3.63) is 119 Å². The number of piperidine rings is 1.